The number of nitrogens with zero attached hydrogens (tertiary/aromatic N) is 5. The van der Waals surface area contributed by atoms with E-state index < -0.39 is 0 Å². The largest absolute Gasteiger partial charge is 0.368 e. The predicted molar refractivity (Wildman–Crippen MR) is 92.0 cm³/mol. The summed E-state index contributed by atoms with van der Waals surface area (Å²) in [5, 5.41) is 6.58. The standard InChI is InChI=1S/C16H21N7/c1-4-8-18-14-13-15(20-10-19-14)23(11(2)3)16(22-13)21-12-7-5-6-9-17-12/h5-7,9-11H,4,8H2,1-3H3,(H,17,21,22)(H,18,19,20). The van der Waals surface area contributed by atoms with Gasteiger partial charge in [-0.05, 0) is 32.4 Å². The number of fused-ring (bicyclic) bond motifs is 1. The van der Waals surface area contributed by atoms with Crippen LogP contribution in [0.1, 0.15) is 33.2 Å². The van der Waals surface area contributed by atoms with Gasteiger partial charge in [-0.3, -0.25) is 4.57 Å². The van der Waals surface area contributed by atoms with Crippen molar-refractivity contribution in [1.29, 1.82) is 0 Å². The molecule has 120 valence electrons. The minimum atomic E-state index is 0.208. The fourth-order valence-electron chi connectivity index (χ4n) is 2.41. The Hall–Kier alpha value is -2.70. The molecule has 0 saturated heterocycles. The number of anilines is 3. The van der Waals surface area contributed by atoms with Crippen LogP contribution >= 0.6 is 0 Å². The molecule has 0 saturated carbocycles. The molecule has 0 aromatic carbocycles. The van der Waals surface area contributed by atoms with Gasteiger partial charge in [-0.25, -0.2) is 19.9 Å². The molecule has 0 aliphatic heterocycles. The van der Waals surface area contributed by atoms with Crippen molar-refractivity contribution in [2.24, 2.45) is 0 Å². The number of aromatic nitrogens is 5. The highest BCUT2D eigenvalue weighted by molar-refractivity contribution is 5.85. The van der Waals surface area contributed by atoms with E-state index in [-0.39, 0.29) is 6.04 Å². The maximum atomic E-state index is 4.71. The van der Waals surface area contributed by atoms with E-state index in [0.717, 1.165) is 35.8 Å². The van der Waals surface area contributed by atoms with Gasteiger partial charge in [0.15, 0.2) is 17.0 Å². The molecule has 0 aliphatic rings. The van der Waals surface area contributed by atoms with Crippen LogP contribution < -0.4 is 10.6 Å². The summed E-state index contributed by atoms with van der Waals surface area (Å²) in [6.45, 7) is 7.17. The van der Waals surface area contributed by atoms with E-state index in [9.17, 15) is 0 Å². The molecule has 3 aromatic rings. The molecule has 3 aromatic heterocycles. The Kier molecular flexibility index (Phi) is 4.36. The fourth-order valence-corrected chi connectivity index (χ4v) is 2.41. The number of hydrogen-bond acceptors (Lipinski definition) is 6. The van der Waals surface area contributed by atoms with Crippen LogP contribution in [0.3, 0.4) is 0 Å². The lowest BCUT2D eigenvalue weighted by atomic mass is 10.4. The molecule has 7 heteroatoms. The van der Waals surface area contributed by atoms with E-state index in [1.54, 1.807) is 12.5 Å². The van der Waals surface area contributed by atoms with Crippen molar-refractivity contribution in [3.05, 3.63) is 30.7 Å². The normalized spacial score (nSPS) is 11.1. The molecule has 0 fully saturated rings. The maximum absolute atomic E-state index is 4.71. The van der Waals surface area contributed by atoms with Crippen molar-refractivity contribution >= 4 is 28.7 Å². The van der Waals surface area contributed by atoms with Crippen LogP contribution in [-0.2, 0) is 0 Å². The smallest absolute Gasteiger partial charge is 0.211 e. The number of hydrogen-bond donors (Lipinski definition) is 2. The van der Waals surface area contributed by atoms with E-state index in [1.807, 2.05) is 18.2 Å². The number of rotatable bonds is 6. The molecule has 2 N–H and O–H groups in total. The summed E-state index contributed by atoms with van der Waals surface area (Å²) in [6.07, 6.45) is 4.35. The first-order valence-corrected chi connectivity index (χ1v) is 7.85. The third-order valence-electron chi connectivity index (χ3n) is 3.44. The highest BCUT2D eigenvalue weighted by atomic mass is 15.3. The Labute approximate surface area is 135 Å². The molecule has 7 nitrogen and oxygen atoms in total. The van der Waals surface area contributed by atoms with Crippen molar-refractivity contribution in [1.82, 2.24) is 24.5 Å². The van der Waals surface area contributed by atoms with Gasteiger partial charge in [0.2, 0.25) is 5.95 Å². The number of nitrogens with one attached hydrogen (secondary N) is 2. The molecule has 0 amide bonds. The van der Waals surface area contributed by atoms with E-state index in [0.29, 0.717) is 5.95 Å². The number of imidazole rings is 1. The molecule has 0 spiro atoms. The first-order chi connectivity index (χ1) is 11.2. The average molecular weight is 311 g/mol. The van der Waals surface area contributed by atoms with Gasteiger partial charge in [-0.2, -0.15) is 0 Å². The summed E-state index contributed by atoms with van der Waals surface area (Å²) in [5.74, 6) is 2.23. The van der Waals surface area contributed by atoms with Crippen LogP contribution in [0, 0.1) is 0 Å². The average Bonchev–Trinajstić information content (AvgIpc) is 2.92. The zero-order chi connectivity index (χ0) is 16.2. The monoisotopic (exact) mass is 311 g/mol. The Balaban J connectivity index is 2.07. The second-order valence-corrected chi connectivity index (χ2v) is 5.56. The molecule has 0 radical (unpaired) electrons. The topological polar surface area (TPSA) is 80.6 Å². The van der Waals surface area contributed by atoms with Gasteiger partial charge in [0, 0.05) is 18.8 Å². The van der Waals surface area contributed by atoms with Crippen LogP contribution in [0.5, 0.6) is 0 Å². The zero-order valence-corrected chi connectivity index (χ0v) is 13.6. The van der Waals surface area contributed by atoms with Gasteiger partial charge >= 0.3 is 0 Å². The van der Waals surface area contributed by atoms with Crippen molar-refractivity contribution in [3.8, 4) is 0 Å². The van der Waals surface area contributed by atoms with Crippen LogP contribution in [0.2, 0.25) is 0 Å². The summed E-state index contributed by atoms with van der Waals surface area (Å²) in [7, 11) is 0. The Bertz CT molecular complexity index is 780. The molecular weight excluding hydrogens is 290 g/mol. The molecule has 0 bridgehead atoms. The van der Waals surface area contributed by atoms with Crippen LogP contribution in [-0.4, -0.2) is 31.0 Å². The fraction of sp³-hybridized carbons (Fsp3) is 0.375. The van der Waals surface area contributed by atoms with Crippen molar-refractivity contribution < 1.29 is 0 Å². The Morgan fingerprint density at radius 1 is 1.17 bits per heavy atom. The van der Waals surface area contributed by atoms with Gasteiger partial charge < -0.3 is 10.6 Å². The second-order valence-electron chi connectivity index (χ2n) is 5.56. The van der Waals surface area contributed by atoms with Gasteiger partial charge in [-0.1, -0.05) is 13.0 Å². The lowest BCUT2D eigenvalue weighted by Crippen LogP contribution is -2.07. The lowest BCUT2D eigenvalue weighted by molar-refractivity contribution is 0.620. The third-order valence-corrected chi connectivity index (χ3v) is 3.44. The molecule has 3 rings (SSSR count). The van der Waals surface area contributed by atoms with Gasteiger partial charge in [0.1, 0.15) is 12.1 Å². The minimum Gasteiger partial charge on any atom is -0.368 e. The molecule has 0 aliphatic carbocycles. The molecule has 0 atom stereocenters. The van der Waals surface area contributed by atoms with Crippen molar-refractivity contribution in [2.75, 3.05) is 17.2 Å². The van der Waals surface area contributed by atoms with Crippen LogP contribution in [0.15, 0.2) is 30.7 Å². The Morgan fingerprint density at radius 3 is 2.74 bits per heavy atom. The second kappa shape index (κ2) is 6.60. The number of pyridine rings is 1. The van der Waals surface area contributed by atoms with Crippen LogP contribution in [0.25, 0.3) is 11.2 Å². The third kappa shape index (κ3) is 3.08. The summed E-state index contributed by atoms with van der Waals surface area (Å²) < 4.78 is 2.06. The molecular formula is C16H21N7. The SMILES string of the molecule is CCCNc1ncnc2c1nc(Nc1ccccn1)n2C(C)C. The van der Waals surface area contributed by atoms with E-state index in [4.69, 9.17) is 4.98 Å². The van der Waals surface area contributed by atoms with E-state index in [2.05, 4.69) is 50.9 Å². The lowest BCUT2D eigenvalue weighted by Gasteiger charge is -2.12. The van der Waals surface area contributed by atoms with Crippen molar-refractivity contribution in [2.45, 2.75) is 33.2 Å². The summed E-state index contributed by atoms with van der Waals surface area (Å²) in [6, 6.07) is 5.94. The van der Waals surface area contributed by atoms with Gasteiger partial charge in [0.25, 0.3) is 0 Å². The maximum Gasteiger partial charge on any atom is 0.211 e. The molecule has 0 unspecified atom stereocenters. The summed E-state index contributed by atoms with van der Waals surface area (Å²) >= 11 is 0. The molecule has 23 heavy (non-hydrogen) atoms. The highest BCUT2D eigenvalue weighted by Crippen LogP contribution is 2.27. The Morgan fingerprint density at radius 2 is 2.04 bits per heavy atom. The van der Waals surface area contributed by atoms with E-state index in [1.165, 1.54) is 0 Å². The quantitative estimate of drug-likeness (QED) is 0.726. The summed E-state index contributed by atoms with van der Waals surface area (Å²) in [5.41, 5.74) is 1.58. The first-order valence-electron chi connectivity index (χ1n) is 7.85. The predicted octanol–water partition coefficient (Wildman–Crippen LogP) is 3.37. The van der Waals surface area contributed by atoms with Crippen molar-refractivity contribution in [3.63, 3.8) is 0 Å². The van der Waals surface area contributed by atoms with Gasteiger partial charge in [0.05, 0.1) is 0 Å². The summed E-state index contributed by atoms with van der Waals surface area (Å²) in [4.78, 5) is 17.8. The van der Waals surface area contributed by atoms with E-state index >= 15 is 0 Å². The van der Waals surface area contributed by atoms with Gasteiger partial charge in [-0.15, -0.1) is 0 Å². The zero-order valence-electron chi connectivity index (χ0n) is 13.6. The van der Waals surface area contributed by atoms with Crippen LogP contribution in [0.4, 0.5) is 17.6 Å². The minimum absolute atomic E-state index is 0.208. The highest BCUT2D eigenvalue weighted by Gasteiger charge is 2.18. The molecule has 3 heterocycles. The first kappa shape index (κ1) is 15.2.